The summed E-state index contributed by atoms with van der Waals surface area (Å²) >= 11 is 0. The van der Waals surface area contributed by atoms with Gasteiger partial charge in [-0.2, -0.15) is 0 Å². The average Bonchev–Trinajstić information content (AvgIpc) is 2.41. The number of methoxy groups -OCH3 is 1. The zero-order chi connectivity index (χ0) is 14.1. The standard InChI is InChI=1S/C15H18O4/c1-3-10-19-14-11-12(8-9-13(14)18-2)6-4-5-7-15(16)17/h4-9,11H,3,10H2,1-2H3,(H,16,17). The molecule has 0 bridgehead atoms. The molecule has 0 radical (unpaired) electrons. The fourth-order valence-electron chi connectivity index (χ4n) is 1.43. The van der Waals surface area contributed by atoms with Gasteiger partial charge in [0.05, 0.1) is 13.7 Å². The normalized spacial score (nSPS) is 11.1. The van der Waals surface area contributed by atoms with Gasteiger partial charge in [-0.15, -0.1) is 0 Å². The summed E-state index contributed by atoms with van der Waals surface area (Å²) in [6.45, 7) is 2.66. The zero-order valence-electron chi connectivity index (χ0n) is 11.1. The smallest absolute Gasteiger partial charge is 0.328 e. The number of aliphatic carboxylic acids is 1. The highest BCUT2D eigenvalue weighted by molar-refractivity contribution is 5.80. The summed E-state index contributed by atoms with van der Waals surface area (Å²) in [5.41, 5.74) is 0.918. The Morgan fingerprint density at radius 2 is 2.11 bits per heavy atom. The van der Waals surface area contributed by atoms with E-state index in [0.717, 1.165) is 18.1 Å². The van der Waals surface area contributed by atoms with Crippen LogP contribution in [0.25, 0.3) is 6.08 Å². The van der Waals surface area contributed by atoms with Gasteiger partial charge in [-0.05, 0) is 24.1 Å². The lowest BCUT2D eigenvalue weighted by Gasteiger charge is -2.10. The highest BCUT2D eigenvalue weighted by atomic mass is 16.5. The fraction of sp³-hybridized carbons (Fsp3) is 0.267. The van der Waals surface area contributed by atoms with E-state index in [-0.39, 0.29) is 0 Å². The molecule has 1 aromatic rings. The Labute approximate surface area is 113 Å². The van der Waals surface area contributed by atoms with Gasteiger partial charge in [-0.3, -0.25) is 0 Å². The largest absolute Gasteiger partial charge is 0.493 e. The van der Waals surface area contributed by atoms with Crippen molar-refractivity contribution >= 4 is 12.0 Å². The molecule has 4 heteroatoms. The van der Waals surface area contributed by atoms with Gasteiger partial charge < -0.3 is 14.6 Å². The van der Waals surface area contributed by atoms with Crippen LogP contribution in [0.4, 0.5) is 0 Å². The van der Waals surface area contributed by atoms with Crippen LogP contribution in [-0.2, 0) is 4.79 Å². The first-order chi connectivity index (χ1) is 9.17. The topological polar surface area (TPSA) is 55.8 Å². The van der Waals surface area contributed by atoms with Crippen LogP contribution in [0.3, 0.4) is 0 Å². The van der Waals surface area contributed by atoms with Crippen LogP contribution in [0.2, 0.25) is 0 Å². The van der Waals surface area contributed by atoms with Crippen molar-refractivity contribution in [2.75, 3.05) is 13.7 Å². The molecule has 0 saturated carbocycles. The van der Waals surface area contributed by atoms with Gasteiger partial charge in [-0.25, -0.2) is 4.79 Å². The van der Waals surface area contributed by atoms with Crippen molar-refractivity contribution in [2.45, 2.75) is 13.3 Å². The molecule has 0 aliphatic heterocycles. The van der Waals surface area contributed by atoms with E-state index >= 15 is 0 Å². The zero-order valence-corrected chi connectivity index (χ0v) is 11.1. The first-order valence-electron chi connectivity index (χ1n) is 6.06. The van der Waals surface area contributed by atoms with E-state index in [1.165, 1.54) is 6.08 Å². The number of benzene rings is 1. The van der Waals surface area contributed by atoms with Crippen LogP contribution in [-0.4, -0.2) is 24.8 Å². The predicted molar refractivity (Wildman–Crippen MR) is 74.6 cm³/mol. The van der Waals surface area contributed by atoms with Crippen LogP contribution >= 0.6 is 0 Å². The first-order valence-corrected chi connectivity index (χ1v) is 6.06. The highest BCUT2D eigenvalue weighted by Crippen LogP contribution is 2.28. The van der Waals surface area contributed by atoms with Crippen LogP contribution in [0.15, 0.2) is 36.4 Å². The predicted octanol–water partition coefficient (Wildman–Crippen LogP) is 3.14. The lowest BCUT2D eigenvalue weighted by Crippen LogP contribution is -1.97. The maximum atomic E-state index is 10.3. The van der Waals surface area contributed by atoms with Gasteiger partial charge in [0, 0.05) is 6.08 Å². The molecule has 102 valence electrons. The van der Waals surface area contributed by atoms with E-state index < -0.39 is 5.97 Å². The minimum Gasteiger partial charge on any atom is -0.493 e. The van der Waals surface area contributed by atoms with Crippen LogP contribution < -0.4 is 9.47 Å². The highest BCUT2D eigenvalue weighted by Gasteiger charge is 2.03. The lowest BCUT2D eigenvalue weighted by atomic mass is 10.2. The molecule has 0 fully saturated rings. The Balaban J connectivity index is 2.82. The van der Waals surface area contributed by atoms with Gasteiger partial charge in [0.15, 0.2) is 11.5 Å². The van der Waals surface area contributed by atoms with Crippen LogP contribution in [0, 0.1) is 0 Å². The molecule has 0 saturated heterocycles. The van der Waals surface area contributed by atoms with E-state index in [9.17, 15) is 4.79 Å². The molecule has 19 heavy (non-hydrogen) atoms. The lowest BCUT2D eigenvalue weighted by molar-refractivity contribution is -0.131. The molecule has 1 rings (SSSR count). The number of hydrogen-bond donors (Lipinski definition) is 1. The molecule has 0 heterocycles. The van der Waals surface area contributed by atoms with Crippen LogP contribution in [0.5, 0.6) is 11.5 Å². The number of rotatable bonds is 7. The van der Waals surface area contributed by atoms with Gasteiger partial charge in [0.25, 0.3) is 0 Å². The van der Waals surface area contributed by atoms with Gasteiger partial charge in [0.2, 0.25) is 0 Å². The summed E-state index contributed by atoms with van der Waals surface area (Å²) in [7, 11) is 1.60. The number of allylic oxidation sites excluding steroid dienone is 2. The minimum absolute atomic E-state index is 0.627. The summed E-state index contributed by atoms with van der Waals surface area (Å²) in [4.78, 5) is 10.3. The average molecular weight is 262 g/mol. The van der Waals surface area contributed by atoms with Crippen molar-refractivity contribution in [3.63, 3.8) is 0 Å². The summed E-state index contributed by atoms with van der Waals surface area (Å²) in [5.74, 6) is 0.409. The quantitative estimate of drug-likeness (QED) is 0.606. The molecular weight excluding hydrogens is 244 g/mol. The third-order valence-electron chi connectivity index (χ3n) is 2.29. The van der Waals surface area contributed by atoms with Gasteiger partial charge in [0.1, 0.15) is 0 Å². The van der Waals surface area contributed by atoms with E-state index in [1.807, 2.05) is 25.1 Å². The second-order valence-electron chi connectivity index (χ2n) is 3.82. The number of ether oxygens (including phenoxy) is 2. The molecule has 0 spiro atoms. The molecule has 0 unspecified atom stereocenters. The summed E-state index contributed by atoms with van der Waals surface area (Å²) in [6.07, 6.45) is 6.94. The molecule has 4 nitrogen and oxygen atoms in total. The Kier molecular flexibility index (Phi) is 6.22. The maximum Gasteiger partial charge on any atom is 0.328 e. The summed E-state index contributed by atoms with van der Waals surface area (Å²) < 4.78 is 10.8. The van der Waals surface area contributed by atoms with E-state index in [2.05, 4.69) is 0 Å². The van der Waals surface area contributed by atoms with Crippen molar-refractivity contribution < 1.29 is 19.4 Å². The van der Waals surface area contributed by atoms with Crippen LogP contribution in [0.1, 0.15) is 18.9 Å². The number of carboxylic acids is 1. The minimum atomic E-state index is -0.966. The Morgan fingerprint density at radius 1 is 1.32 bits per heavy atom. The van der Waals surface area contributed by atoms with E-state index in [0.29, 0.717) is 18.1 Å². The maximum absolute atomic E-state index is 10.3. The molecule has 0 atom stereocenters. The summed E-state index contributed by atoms with van der Waals surface area (Å²) in [6, 6.07) is 5.56. The molecule has 1 N–H and O–H groups in total. The molecular formula is C15H18O4. The van der Waals surface area contributed by atoms with Crippen molar-refractivity contribution in [3.05, 3.63) is 42.0 Å². The molecule has 0 aliphatic carbocycles. The molecule has 0 aromatic heterocycles. The third kappa shape index (κ3) is 5.29. The number of carbonyl (C=O) groups is 1. The van der Waals surface area contributed by atoms with Crippen molar-refractivity contribution in [2.24, 2.45) is 0 Å². The summed E-state index contributed by atoms with van der Waals surface area (Å²) in [5, 5.41) is 8.46. The van der Waals surface area contributed by atoms with Crippen molar-refractivity contribution in [1.29, 1.82) is 0 Å². The number of hydrogen-bond acceptors (Lipinski definition) is 3. The second kappa shape index (κ2) is 7.97. The molecule has 0 aliphatic rings. The van der Waals surface area contributed by atoms with Gasteiger partial charge >= 0.3 is 5.97 Å². The Bertz CT molecular complexity index is 475. The van der Waals surface area contributed by atoms with Crippen molar-refractivity contribution in [1.82, 2.24) is 0 Å². The van der Waals surface area contributed by atoms with E-state index in [1.54, 1.807) is 19.3 Å². The van der Waals surface area contributed by atoms with Gasteiger partial charge in [-0.1, -0.05) is 31.2 Å². The SMILES string of the molecule is CCCOc1cc(C=CC=CC(=O)O)ccc1OC. The monoisotopic (exact) mass is 262 g/mol. The number of carboxylic acid groups (broad SMARTS) is 1. The fourth-order valence-corrected chi connectivity index (χ4v) is 1.43. The first kappa shape index (κ1) is 14.8. The molecule has 0 amide bonds. The van der Waals surface area contributed by atoms with Crippen molar-refractivity contribution in [3.8, 4) is 11.5 Å². The van der Waals surface area contributed by atoms with E-state index in [4.69, 9.17) is 14.6 Å². The Hall–Kier alpha value is -2.23. The molecule has 1 aromatic carbocycles. The third-order valence-corrected chi connectivity index (χ3v) is 2.29. The second-order valence-corrected chi connectivity index (χ2v) is 3.82. The Morgan fingerprint density at radius 3 is 2.74 bits per heavy atom.